The Morgan fingerprint density at radius 1 is 1.35 bits per heavy atom. The molecular formula is C11H19F3N2S. The molecule has 0 aromatic rings. The SMILES string of the molecule is CC1(C)CCN(CC(C(N)=S)C(F)(F)F)CC1. The van der Waals surface area contributed by atoms with E-state index < -0.39 is 17.1 Å². The maximum atomic E-state index is 12.7. The summed E-state index contributed by atoms with van der Waals surface area (Å²) < 4.78 is 38.1. The highest BCUT2D eigenvalue weighted by Gasteiger charge is 2.43. The molecule has 0 spiro atoms. The minimum atomic E-state index is -4.33. The second-order valence-corrected chi connectivity index (χ2v) is 5.93. The fourth-order valence-corrected chi connectivity index (χ4v) is 2.16. The zero-order chi connectivity index (χ0) is 13.3. The highest BCUT2D eigenvalue weighted by atomic mass is 32.1. The van der Waals surface area contributed by atoms with Gasteiger partial charge in [-0.05, 0) is 31.3 Å². The second kappa shape index (κ2) is 5.10. The van der Waals surface area contributed by atoms with Gasteiger partial charge in [0.1, 0.15) is 5.92 Å². The normalized spacial score (nSPS) is 23.4. The first-order chi connectivity index (χ1) is 7.62. The molecule has 0 aromatic carbocycles. The van der Waals surface area contributed by atoms with Gasteiger partial charge in [0.2, 0.25) is 0 Å². The molecule has 2 nitrogen and oxygen atoms in total. The van der Waals surface area contributed by atoms with Crippen molar-refractivity contribution >= 4 is 17.2 Å². The lowest BCUT2D eigenvalue weighted by atomic mass is 9.82. The molecule has 1 heterocycles. The molecule has 0 amide bonds. The monoisotopic (exact) mass is 268 g/mol. The van der Waals surface area contributed by atoms with Gasteiger partial charge >= 0.3 is 6.18 Å². The molecule has 1 saturated heterocycles. The highest BCUT2D eigenvalue weighted by Crippen LogP contribution is 2.32. The molecule has 1 unspecified atom stereocenters. The van der Waals surface area contributed by atoms with Gasteiger partial charge in [-0.15, -0.1) is 0 Å². The molecule has 1 atom stereocenters. The van der Waals surface area contributed by atoms with Crippen LogP contribution in [0.15, 0.2) is 0 Å². The van der Waals surface area contributed by atoms with E-state index in [0.29, 0.717) is 13.1 Å². The quantitative estimate of drug-likeness (QED) is 0.798. The Bertz CT molecular complexity index is 279. The van der Waals surface area contributed by atoms with Crippen LogP contribution in [0.5, 0.6) is 0 Å². The molecule has 17 heavy (non-hydrogen) atoms. The first kappa shape index (κ1) is 14.7. The van der Waals surface area contributed by atoms with Crippen LogP contribution in [0.2, 0.25) is 0 Å². The lowest BCUT2D eigenvalue weighted by molar-refractivity contribution is -0.160. The van der Waals surface area contributed by atoms with Crippen LogP contribution >= 0.6 is 12.2 Å². The third-order valence-corrected chi connectivity index (χ3v) is 3.67. The Hall–Kier alpha value is -0.360. The van der Waals surface area contributed by atoms with Crippen LogP contribution in [-0.2, 0) is 0 Å². The number of hydrogen-bond acceptors (Lipinski definition) is 2. The van der Waals surface area contributed by atoms with E-state index >= 15 is 0 Å². The van der Waals surface area contributed by atoms with Gasteiger partial charge in [0, 0.05) is 6.54 Å². The summed E-state index contributed by atoms with van der Waals surface area (Å²) in [6.07, 6.45) is -2.51. The first-order valence-corrected chi connectivity index (χ1v) is 6.11. The van der Waals surface area contributed by atoms with Crippen molar-refractivity contribution in [3.63, 3.8) is 0 Å². The van der Waals surface area contributed by atoms with Gasteiger partial charge in [0.05, 0.1) is 4.99 Å². The minimum absolute atomic E-state index is 0.102. The van der Waals surface area contributed by atoms with Crippen molar-refractivity contribution in [2.45, 2.75) is 32.9 Å². The topological polar surface area (TPSA) is 29.3 Å². The van der Waals surface area contributed by atoms with Gasteiger partial charge < -0.3 is 10.6 Å². The van der Waals surface area contributed by atoms with Crippen LogP contribution < -0.4 is 5.73 Å². The highest BCUT2D eigenvalue weighted by molar-refractivity contribution is 7.80. The van der Waals surface area contributed by atoms with Crippen LogP contribution in [-0.4, -0.2) is 35.7 Å². The lowest BCUT2D eigenvalue weighted by Gasteiger charge is -2.38. The molecule has 1 fully saturated rings. The predicted molar refractivity (Wildman–Crippen MR) is 65.8 cm³/mol. The van der Waals surface area contributed by atoms with E-state index in [0.717, 1.165) is 12.8 Å². The number of thiocarbonyl (C=S) groups is 1. The Morgan fingerprint density at radius 2 is 1.82 bits per heavy atom. The smallest absolute Gasteiger partial charge is 0.393 e. The summed E-state index contributed by atoms with van der Waals surface area (Å²) >= 11 is 4.51. The number of hydrogen-bond donors (Lipinski definition) is 1. The number of halogens is 3. The second-order valence-electron chi connectivity index (χ2n) is 5.46. The molecule has 0 radical (unpaired) electrons. The third-order valence-electron chi connectivity index (χ3n) is 3.39. The molecule has 1 aliphatic rings. The van der Waals surface area contributed by atoms with Crippen LogP contribution in [0.1, 0.15) is 26.7 Å². The fraction of sp³-hybridized carbons (Fsp3) is 0.909. The van der Waals surface area contributed by atoms with Crippen molar-refractivity contribution in [3.05, 3.63) is 0 Å². The number of nitrogens with two attached hydrogens (primary N) is 1. The average Bonchev–Trinajstić information content (AvgIpc) is 2.13. The summed E-state index contributed by atoms with van der Waals surface area (Å²) in [6.45, 7) is 5.54. The predicted octanol–water partition coefficient (Wildman–Crippen LogP) is 2.57. The van der Waals surface area contributed by atoms with Gasteiger partial charge in [-0.1, -0.05) is 26.1 Å². The lowest BCUT2D eigenvalue weighted by Crippen LogP contribution is -2.46. The van der Waals surface area contributed by atoms with E-state index in [1.54, 1.807) is 0 Å². The van der Waals surface area contributed by atoms with E-state index in [-0.39, 0.29) is 12.0 Å². The summed E-state index contributed by atoms with van der Waals surface area (Å²) in [5.74, 6) is -1.68. The van der Waals surface area contributed by atoms with Gasteiger partial charge in [0.15, 0.2) is 0 Å². The summed E-state index contributed by atoms with van der Waals surface area (Å²) in [5, 5.41) is 0. The van der Waals surface area contributed by atoms with Crippen LogP contribution in [0.3, 0.4) is 0 Å². The molecule has 6 heteroatoms. The fourth-order valence-electron chi connectivity index (χ4n) is 1.95. The standard InChI is InChI=1S/C11H19F3N2S/c1-10(2)3-5-16(6-4-10)7-8(9(15)17)11(12,13)14/h8H,3-7H2,1-2H3,(H2,15,17). The molecule has 1 rings (SSSR count). The molecule has 0 saturated carbocycles. The van der Waals surface area contributed by atoms with E-state index in [4.69, 9.17) is 5.73 Å². The molecule has 0 aliphatic carbocycles. The first-order valence-electron chi connectivity index (χ1n) is 5.70. The van der Waals surface area contributed by atoms with Gasteiger partial charge in [-0.25, -0.2) is 0 Å². The van der Waals surface area contributed by atoms with E-state index in [1.165, 1.54) is 0 Å². The van der Waals surface area contributed by atoms with Crippen molar-refractivity contribution < 1.29 is 13.2 Å². The minimum Gasteiger partial charge on any atom is -0.393 e. The third kappa shape index (κ3) is 4.43. The van der Waals surface area contributed by atoms with Crippen molar-refractivity contribution in [3.8, 4) is 0 Å². The van der Waals surface area contributed by atoms with E-state index in [1.807, 2.05) is 4.90 Å². The van der Waals surface area contributed by atoms with Gasteiger partial charge in [-0.2, -0.15) is 13.2 Å². The molecule has 2 N–H and O–H groups in total. The van der Waals surface area contributed by atoms with Crippen LogP contribution in [0.25, 0.3) is 0 Å². The van der Waals surface area contributed by atoms with Crippen molar-refractivity contribution in [1.82, 2.24) is 4.90 Å². The van der Waals surface area contributed by atoms with E-state index in [2.05, 4.69) is 26.1 Å². The molecular weight excluding hydrogens is 249 g/mol. The zero-order valence-electron chi connectivity index (χ0n) is 10.2. The van der Waals surface area contributed by atoms with E-state index in [9.17, 15) is 13.2 Å². The zero-order valence-corrected chi connectivity index (χ0v) is 11.0. The van der Waals surface area contributed by atoms with Crippen LogP contribution in [0, 0.1) is 11.3 Å². The number of likely N-dealkylation sites (tertiary alicyclic amines) is 1. The van der Waals surface area contributed by atoms with Gasteiger partial charge in [-0.3, -0.25) is 0 Å². The van der Waals surface area contributed by atoms with Crippen molar-refractivity contribution in [2.75, 3.05) is 19.6 Å². The summed E-state index contributed by atoms with van der Waals surface area (Å²) in [6, 6.07) is 0. The molecule has 0 aromatic heterocycles. The number of nitrogens with zero attached hydrogens (tertiary/aromatic N) is 1. The Morgan fingerprint density at radius 3 is 2.18 bits per heavy atom. The van der Waals surface area contributed by atoms with Crippen LogP contribution in [0.4, 0.5) is 13.2 Å². The largest absolute Gasteiger partial charge is 0.399 e. The number of piperidine rings is 1. The number of rotatable bonds is 3. The summed E-state index contributed by atoms with van der Waals surface area (Å²) in [5.41, 5.74) is 5.41. The average molecular weight is 268 g/mol. The Kier molecular flexibility index (Phi) is 4.41. The van der Waals surface area contributed by atoms with Crippen molar-refractivity contribution in [1.29, 1.82) is 0 Å². The Balaban J connectivity index is 2.56. The molecule has 100 valence electrons. The number of alkyl halides is 3. The molecule has 1 aliphatic heterocycles. The maximum absolute atomic E-state index is 12.7. The molecule has 0 bridgehead atoms. The summed E-state index contributed by atoms with van der Waals surface area (Å²) in [7, 11) is 0. The van der Waals surface area contributed by atoms with Gasteiger partial charge in [0.25, 0.3) is 0 Å². The Labute approximate surface area is 105 Å². The van der Waals surface area contributed by atoms with Crippen molar-refractivity contribution in [2.24, 2.45) is 17.1 Å². The summed E-state index contributed by atoms with van der Waals surface area (Å²) in [4.78, 5) is 1.35. The maximum Gasteiger partial charge on any atom is 0.399 e.